The van der Waals surface area contributed by atoms with Gasteiger partial charge in [0.1, 0.15) is 5.75 Å². The van der Waals surface area contributed by atoms with Crippen LogP contribution in [-0.4, -0.2) is 71.0 Å². The lowest BCUT2D eigenvalue weighted by molar-refractivity contribution is 0.0643. The van der Waals surface area contributed by atoms with Gasteiger partial charge in [0.2, 0.25) is 0 Å². The molecule has 1 heterocycles. The van der Waals surface area contributed by atoms with Gasteiger partial charge in [-0.15, -0.1) is 0 Å². The fraction of sp³-hybridized carbons (Fsp3) is 0.409. The minimum atomic E-state index is -3.77. The highest BCUT2D eigenvalue weighted by Crippen LogP contribution is 2.28. The third kappa shape index (κ3) is 4.44. The number of likely N-dealkylation sites (N-methyl/N-ethyl adjacent to an activating group) is 1. The third-order valence-electron chi connectivity index (χ3n) is 5.62. The normalized spacial score (nSPS) is 15.1. The first-order valence-corrected chi connectivity index (χ1v) is 11.5. The summed E-state index contributed by atoms with van der Waals surface area (Å²) >= 11 is 0. The molecule has 30 heavy (non-hydrogen) atoms. The van der Waals surface area contributed by atoms with Crippen molar-refractivity contribution < 1.29 is 17.9 Å². The molecule has 3 rings (SSSR count). The van der Waals surface area contributed by atoms with E-state index in [1.165, 1.54) is 30.6 Å². The zero-order chi connectivity index (χ0) is 21.9. The van der Waals surface area contributed by atoms with Crippen LogP contribution in [0.2, 0.25) is 0 Å². The number of benzene rings is 2. The Morgan fingerprint density at radius 1 is 1.07 bits per heavy atom. The van der Waals surface area contributed by atoms with Crippen molar-refractivity contribution in [3.63, 3.8) is 0 Å². The highest BCUT2D eigenvalue weighted by Gasteiger charge is 2.25. The van der Waals surface area contributed by atoms with Crippen molar-refractivity contribution in [3.8, 4) is 5.75 Å². The van der Waals surface area contributed by atoms with Gasteiger partial charge in [0.15, 0.2) is 0 Å². The number of carbonyl (C=O) groups is 1. The second-order valence-electron chi connectivity index (χ2n) is 7.38. The van der Waals surface area contributed by atoms with Crippen LogP contribution in [0, 0.1) is 6.92 Å². The summed E-state index contributed by atoms with van der Waals surface area (Å²) in [6.45, 7) is 7.99. The minimum Gasteiger partial charge on any atom is -0.497 e. The fourth-order valence-electron chi connectivity index (χ4n) is 3.57. The second-order valence-corrected chi connectivity index (χ2v) is 9.35. The van der Waals surface area contributed by atoms with Gasteiger partial charge in [-0.25, -0.2) is 8.42 Å². The van der Waals surface area contributed by atoms with Crippen molar-refractivity contribution in [1.82, 2.24) is 9.80 Å². The van der Waals surface area contributed by atoms with E-state index in [1.807, 2.05) is 11.8 Å². The van der Waals surface area contributed by atoms with Gasteiger partial charge in [0.25, 0.3) is 15.9 Å². The van der Waals surface area contributed by atoms with E-state index in [9.17, 15) is 13.2 Å². The van der Waals surface area contributed by atoms with Crippen molar-refractivity contribution >= 4 is 21.6 Å². The van der Waals surface area contributed by atoms with Crippen LogP contribution in [0.15, 0.2) is 47.4 Å². The summed E-state index contributed by atoms with van der Waals surface area (Å²) in [5.41, 5.74) is 1.77. The molecule has 0 atom stereocenters. The predicted octanol–water partition coefficient (Wildman–Crippen LogP) is 2.61. The van der Waals surface area contributed by atoms with Gasteiger partial charge in [-0.3, -0.25) is 9.10 Å². The van der Waals surface area contributed by atoms with Crippen molar-refractivity contribution in [2.75, 3.05) is 51.2 Å². The molecule has 0 spiro atoms. The summed E-state index contributed by atoms with van der Waals surface area (Å²) in [5, 5.41) is 0. The quantitative estimate of drug-likeness (QED) is 0.703. The summed E-state index contributed by atoms with van der Waals surface area (Å²) in [6.07, 6.45) is 0. The summed E-state index contributed by atoms with van der Waals surface area (Å²) in [6, 6.07) is 11.5. The van der Waals surface area contributed by atoms with Crippen molar-refractivity contribution in [2.45, 2.75) is 18.7 Å². The van der Waals surface area contributed by atoms with Gasteiger partial charge in [-0.05, 0) is 55.4 Å². The van der Waals surface area contributed by atoms with E-state index >= 15 is 0 Å². The number of anilines is 1. The van der Waals surface area contributed by atoms with Crippen LogP contribution in [0.25, 0.3) is 0 Å². The maximum absolute atomic E-state index is 13.1. The van der Waals surface area contributed by atoms with Crippen LogP contribution in [-0.2, 0) is 10.0 Å². The maximum Gasteiger partial charge on any atom is 0.264 e. The van der Waals surface area contributed by atoms with Gasteiger partial charge in [-0.2, -0.15) is 0 Å². The predicted molar refractivity (Wildman–Crippen MR) is 118 cm³/mol. The largest absolute Gasteiger partial charge is 0.497 e. The average molecular weight is 432 g/mol. The molecule has 0 bridgehead atoms. The first kappa shape index (κ1) is 22.1. The van der Waals surface area contributed by atoms with Gasteiger partial charge in [-0.1, -0.05) is 13.0 Å². The monoisotopic (exact) mass is 431 g/mol. The molecule has 8 heteroatoms. The molecule has 1 saturated heterocycles. The lowest BCUT2D eigenvalue weighted by atomic mass is 10.1. The Morgan fingerprint density at radius 3 is 2.27 bits per heavy atom. The standard InChI is InChI=1S/C22H29N3O4S/c1-5-24-12-14-25(15-13-24)22(26)18-7-6-17(2)21(16-18)23(3)30(27,28)20-10-8-19(29-4)9-11-20/h6-11,16H,5,12-15H2,1-4H3. The highest BCUT2D eigenvalue weighted by atomic mass is 32.2. The summed E-state index contributed by atoms with van der Waals surface area (Å²) in [5.74, 6) is 0.519. The maximum atomic E-state index is 13.1. The molecular formula is C22H29N3O4S. The molecule has 7 nitrogen and oxygen atoms in total. The van der Waals surface area contributed by atoms with Gasteiger partial charge < -0.3 is 14.5 Å². The van der Waals surface area contributed by atoms with E-state index in [2.05, 4.69) is 11.8 Å². The zero-order valence-corrected chi connectivity index (χ0v) is 18.8. The topological polar surface area (TPSA) is 70.2 Å². The molecule has 0 N–H and O–H groups in total. The Labute approximate surface area is 178 Å². The van der Waals surface area contributed by atoms with Crippen LogP contribution in [0.4, 0.5) is 5.69 Å². The number of aryl methyl sites for hydroxylation is 1. The van der Waals surface area contributed by atoms with Crippen molar-refractivity contribution in [1.29, 1.82) is 0 Å². The zero-order valence-electron chi connectivity index (χ0n) is 18.0. The van der Waals surface area contributed by atoms with Gasteiger partial charge in [0.05, 0.1) is 17.7 Å². The third-order valence-corrected chi connectivity index (χ3v) is 7.41. The van der Waals surface area contributed by atoms with E-state index in [1.54, 1.807) is 30.3 Å². The summed E-state index contributed by atoms with van der Waals surface area (Å²) < 4.78 is 32.6. The van der Waals surface area contributed by atoms with Crippen molar-refractivity contribution in [3.05, 3.63) is 53.6 Å². The van der Waals surface area contributed by atoms with E-state index < -0.39 is 10.0 Å². The molecule has 0 aliphatic carbocycles. The lowest BCUT2D eigenvalue weighted by Gasteiger charge is -2.34. The lowest BCUT2D eigenvalue weighted by Crippen LogP contribution is -2.48. The number of nitrogens with zero attached hydrogens (tertiary/aromatic N) is 3. The highest BCUT2D eigenvalue weighted by molar-refractivity contribution is 7.92. The Bertz CT molecular complexity index is 998. The molecule has 1 aliphatic heterocycles. The molecular weight excluding hydrogens is 402 g/mol. The molecule has 2 aromatic rings. The Kier molecular flexibility index (Phi) is 6.67. The van der Waals surface area contributed by atoms with Crippen LogP contribution in [0.3, 0.4) is 0 Å². The molecule has 0 aromatic heterocycles. The number of hydrogen-bond donors (Lipinski definition) is 0. The molecule has 1 fully saturated rings. The van der Waals surface area contributed by atoms with Gasteiger partial charge >= 0.3 is 0 Å². The Morgan fingerprint density at radius 2 is 1.70 bits per heavy atom. The minimum absolute atomic E-state index is 0.0674. The molecule has 0 radical (unpaired) electrons. The van der Waals surface area contributed by atoms with Crippen molar-refractivity contribution in [2.24, 2.45) is 0 Å². The van der Waals surface area contributed by atoms with E-state index in [0.717, 1.165) is 25.2 Å². The molecule has 0 unspecified atom stereocenters. The summed E-state index contributed by atoms with van der Waals surface area (Å²) in [7, 11) is -0.730. The van der Waals surface area contributed by atoms with E-state index in [-0.39, 0.29) is 10.8 Å². The SMILES string of the molecule is CCN1CCN(C(=O)c2ccc(C)c(N(C)S(=O)(=O)c3ccc(OC)cc3)c2)CC1. The van der Waals surface area contributed by atoms with Crippen LogP contribution in [0.5, 0.6) is 5.75 Å². The second kappa shape index (κ2) is 9.06. The first-order chi connectivity index (χ1) is 14.3. The molecule has 2 aromatic carbocycles. The average Bonchev–Trinajstić information content (AvgIpc) is 2.78. The van der Waals surface area contributed by atoms with Crippen LogP contribution >= 0.6 is 0 Å². The number of hydrogen-bond acceptors (Lipinski definition) is 5. The number of methoxy groups -OCH3 is 1. The Hall–Kier alpha value is -2.58. The van der Waals surface area contributed by atoms with Crippen LogP contribution in [0.1, 0.15) is 22.8 Å². The number of amides is 1. The number of carbonyl (C=O) groups excluding carboxylic acids is 1. The number of sulfonamides is 1. The fourth-order valence-corrected chi connectivity index (χ4v) is 4.82. The van der Waals surface area contributed by atoms with Crippen LogP contribution < -0.4 is 9.04 Å². The number of piperazine rings is 1. The van der Waals surface area contributed by atoms with E-state index in [4.69, 9.17) is 4.74 Å². The number of ether oxygens (including phenoxy) is 1. The smallest absolute Gasteiger partial charge is 0.264 e. The molecule has 1 amide bonds. The first-order valence-electron chi connectivity index (χ1n) is 10.0. The van der Waals surface area contributed by atoms with E-state index in [0.29, 0.717) is 30.1 Å². The molecule has 0 saturated carbocycles. The van der Waals surface area contributed by atoms with Gasteiger partial charge in [0, 0.05) is 38.8 Å². The Balaban J connectivity index is 1.86. The summed E-state index contributed by atoms with van der Waals surface area (Å²) in [4.78, 5) is 17.3. The number of rotatable bonds is 6. The molecule has 162 valence electrons. The molecule has 1 aliphatic rings.